The van der Waals surface area contributed by atoms with E-state index in [4.69, 9.17) is 4.74 Å². The molecule has 3 nitrogen and oxygen atoms in total. The molecule has 0 radical (unpaired) electrons. The lowest BCUT2D eigenvalue weighted by Crippen LogP contribution is -2.14. The standard InChI is InChI=1S/C18H24N2O/c1-5-19-11-17-18(10-9-15(4)20-17)21-12-16-13(2)7-6-8-14(16)3/h6-10,19H,5,11-12H2,1-4H3. The maximum Gasteiger partial charge on any atom is 0.142 e. The van der Waals surface area contributed by atoms with Crippen LogP contribution in [0.3, 0.4) is 0 Å². The zero-order valence-electron chi connectivity index (χ0n) is 13.4. The maximum absolute atomic E-state index is 6.03. The van der Waals surface area contributed by atoms with Crippen LogP contribution in [0.4, 0.5) is 0 Å². The Labute approximate surface area is 127 Å². The van der Waals surface area contributed by atoms with Gasteiger partial charge in [0.2, 0.25) is 0 Å². The van der Waals surface area contributed by atoms with Gasteiger partial charge in [-0.3, -0.25) is 4.98 Å². The molecule has 112 valence electrons. The summed E-state index contributed by atoms with van der Waals surface area (Å²) < 4.78 is 6.03. The van der Waals surface area contributed by atoms with Crippen molar-refractivity contribution in [1.29, 1.82) is 0 Å². The largest absolute Gasteiger partial charge is 0.487 e. The molecule has 2 aromatic rings. The van der Waals surface area contributed by atoms with E-state index in [9.17, 15) is 0 Å². The second kappa shape index (κ2) is 7.23. The summed E-state index contributed by atoms with van der Waals surface area (Å²) in [6.07, 6.45) is 0. The van der Waals surface area contributed by atoms with Crippen LogP contribution in [-0.4, -0.2) is 11.5 Å². The molecule has 3 heteroatoms. The number of benzene rings is 1. The van der Waals surface area contributed by atoms with E-state index in [0.29, 0.717) is 6.61 Å². The third kappa shape index (κ3) is 4.05. The number of rotatable bonds is 6. The molecular formula is C18H24N2O. The van der Waals surface area contributed by atoms with Gasteiger partial charge in [-0.05, 0) is 56.1 Å². The maximum atomic E-state index is 6.03. The number of aryl methyl sites for hydroxylation is 3. The number of nitrogens with zero attached hydrogens (tertiary/aromatic N) is 1. The topological polar surface area (TPSA) is 34.2 Å². The molecule has 0 saturated carbocycles. The normalized spacial score (nSPS) is 10.7. The Bertz CT molecular complexity index is 588. The predicted octanol–water partition coefficient (Wildman–Crippen LogP) is 3.70. The molecule has 0 aliphatic carbocycles. The second-order valence-electron chi connectivity index (χ2n) is 5.34. The number of nitrogens with one attached hydrogen (secondary N) is 1. The van der Waals surface area contributed by atoms with Crippen LogP contribution in [0.25, 0.3) is 0 Å². The Hall–Kier alpha value is -1.87. The Balaban J connectivity index is 2.16. The van der Waals surface area contributed by atoms with Crippen molar-refractivity contribution in [2.24, 2.45) is 0 Å². The van der Waals surface area contributed by atoms with Crippen LogP contribution in [0.15, 0.2) is 30.3 Å². The van der Waals surface area contributed by atoms with Crippen molar-refractivity contribution in [2.45, 2.75) is 40.8 Å². The number of ether oxygens (including phenoxy) is 1. The summed E-state index contributed by atoms with van der Waals surface area (Å²) in [6, 6.07) is 10.3. The van der Waals surface area contributed by atoms with Gasteiger partial charge in [-0.25, -0.2) is 0 Å². The molecule has 0 fully saturated rings. The molecule has 0 aliphatic rings. The first-order valence-corrected chi connectivity index (χ1v) is 7.47. The van der Waals surface area contributed by atoms with Crippen LogP contribution in [0.5, 0.6) is 5.75 Å². The van der Waals surface area contributed by atoms with Gasteiger partial charge in [-0.2, -0.15) is 0 Å². The summed E-state index contributed by atoms with van der Waals surface area (Å²) in [5.41, 5.74) is 5.78. The lowest BCUT2D eigenvalue weighted by atomic mass is 10.0. The van der Waals surface area contributed by atoms with Gasteiger partial charge >= 0.3 is 0 Å². The van der Waals surface area contributed by atoms with Crippen LogP contribution in [-0.2, 0) is 13.2 Å². The van der Waals surface area contributed by atoms with Crippen LogP contribution in [0.2, 0.25) is 0 Å². The van der Waals surface area contributed by atoms with Crippen molar-refractivity contribution in [3.63, 3.8) is 0 Å². The fraction of sp³-hybridized carbons (Fsp3) is 0.389. The van der Waals surface area contributed by atoms with E-state index in [1.807, 2.05) is 19.1 Å². The zero-order chi connectivity index (χ0) is 15.2. The van der Waals surface area contributed by atoms with Gasteiger partial charge in [-0.15, -0.1) is 0 Å². The number of pyridine rings is 1. The molecule has 0 spiro atoms. The molecule has 21 heavy (non-hydrogen) atoms. The highest BCUT2D eigenvalue weighted by Crippen LogP contribution is 2.21. The van der Waals surface area contributed by atoms with E-state index in [0.717, 1.165) is 30.2 Å². The average Bonchev–Trinajstić information content (AvgIpc) is 2.46. The lowest BCUT2D eigenvalue weighted by Gasteiger charge is -2.14. The molecule has 2 rings (SSSR count). The third-order valence-electron chi connectivity index (χ3n) is 3.63. The highest BCUT2D eigenvalue weighted by Gasteiger charge is 2.08. The van der Waals surface area contributed by atoms with Crippen LogP contribution < -0.4 is 10.1 Å². The van der Waals surface area contributed by atoms with Gasteiger partial charge in [0.15, 0.2) is 0 Å². The highest BCUT2D eigenvalue weighted by atomic mass is 16.5. The summed E-state index contributed by atoms with van der Waals surface area (Å²) in [6.45, 7) is 10.6. The summed E-state index contributed by atoms with van der Waals surface area (Å²) in [5.74, 6) is 0.865. The first-order valence-electron chi connectivity index (χ1n) is 7.47. The Morgan fingerprint density at radius 3 is 2.43 bits per heavy atom. The highest BCUT2D eigenvalue weighted by molar-refractivity contribution is 5.34. The van der Waals surface area contributed by atoms with Gasteiger partial charge < -0.3 is 10.1 Å². The van der Waals surface area contributed by atoms with Crippen molar-refractivity contribution in [1.82, 2.24) is 10.3 Å². The van der Waals surface area contributed by atoms with Gasteiger partial charge in [-0.1, -0.05) is 25.1 Å². The fourth-order valence-corrected chi connectivity index (χ4v) is 2.33. The van der Waals surface area contributed by atoms with Crippen molar-refractivity contribution >= 4 is 0 Å². The average molecular weight is 284 g/mol. The Morgan fingerprint density at radius 2 is 1.76 bits per heavy atom. The zero-order valence-corrected chi connectivity index (χ0v) is 13.4. The molecule has 0 amide bonds. The minimum Gasteiger partial charge on any atom is -0.487 e. The SMILES string of the molecule is CCNCc1nc(C)ccc1OCc1c(C)cccc1C. The van der Waals surface area contributed by atoms with Crippen LogP contribution >= 0.6 is 0 Å². The minimum absolute atomic E-state index is 0.586. The van der Waals surface area contributed by atoms with Crippen molar-refractivity contribution in [3.8, 4) is 5.75 Å². The van der Waals surface area contributed by atoms with E-state index < -0.39 is 0 Å². The number of aromatic nitrogens is 1. The van der Waals surface area contributed by atoms with Crippen molar-refractivity contribution in [2.75, 3.05) is 6.54 Å². The molecule has 0 unspecified atom stereocenters. The molecule has 0 atom stereocenters. The molecule has 1 N–H and O–H groups in total. The molecule has 1 heterocycles. The van der Waals surface area contributed by atoms with Gasteiger partial charge in [0.25, 0.3) is 0 Å². The monoisotopic (exact) mass is 284 g/mol. The van der Waals surface area contributed by atoms with E-state index >= 15 is 0 Å². The molecular weight excluding hydrogens is 260 g/mol. The summed E-state index contributed by atoms with van der Waals surface area (Å²) >= 11 is 0. The predicted molar refractivity (Wildman–Crippen MR) is 86.6 cm³/mol. The lowest BCUT2D eigenvalue weighted by molar-refractivity contribution is 0.298. The molecule has 0 bridgehead atoms. The van der Waals surface area contributed by atoms with Gasteiger partial charge in [0.1, 0.15) is 12.4 Å². The quantitative estimate of drug-likeness (QED) is 0.878. The Kier molecular flexibility index (Phi) is 5.34. The second-order valence-corrected chi connectivity index (χ2v) is 5.34. The number of hydrogen-bond acceptors (Lipinski definition) is 3. The van der Waals surface area contributed by atoms with Gasteiger partial charge in [0.05, 0.1) is 5.69 Å². The van der Waals surface area contributed by atoms with Gasteiger partial charge in [0, 0.05) is 12.2 Å². The van der Waals surface area contributed by atoms with Crippen LogP contribution in [0.1, 0.15) is 35.0 Å². The minimum atomic E-state index is 0.586. The fourth-order valence-electron chi connectivity index (χ4n) is 2.33. The first kappa shape index (κ1) is 15.5. The Morgan fingerprint density at radius 1 is 1.05 bits per heavy atom. The smallest absolute Gasteiger partial charge is 0.142 e. The molecule has 0 aliphatic heterocycles. The third-order valence-corrected chi connectivity index (χ3v) is 3.63. The van der Waals surface area contributed by atoms with Crippen molar-refractivity contribution < 1.29 is 4.74 Å². The molecule has 0 saturated heterocycles. The summed E-state index contributed by atoms with van der Waals surface area (Å²) in [7, 11) is 0. The van der Waals surface area contributed by atoms with E-state index in [2.05, 4.69) is 49.3 Å². The molecule has 1 aromatic heterocycles. The molecule has 1 aromatic carbocycles. The van der Waals surface area contributed by atoms with E-state index in [-0.39, 0.29) is 0 Å². The summed E-state index contributed by atoms with van der Waals surface area (Å²) in [4.78, 5) is 4.58. The summed E-state index contributed by atoms with van der Waals surface area (Å²) in [5, 5.41) is 3.31. The number of hydrogen-bond donors (Lipinski definition) is 1. The van der Waals surface area contributed by atoms with E-state index in [1.165, 1.54) is 16.7 Å². The van der Waals surface area contributed by atoms with Crippen LogP contribution in [0, 0.1) is 20.8 Å². The first-order chi connectivity index (χ1) is 10.1. The van der Waals surface area contributed by atoms with Crippen molar-refractivity contribution in [3.05, 3.63) is 58.4 Å². The van der Waals surface area contributed by atoms with E-state index in [1.54, 1.807) is 0 Å².